The maximum absolute atomic E-state index is 10.5. The molecule has 1 aromatic carbocycles. The molecule has 0 saturated heterocycles. The largest absolute Gasteiger partial charge is 0.504 e. The monoisotopic (exact) mass is 276 g/mol. The summed E-state index contributed by atoms with van der Waals surface area (Å²) in [5, 5.41) is 27.4. The summed E-state index contributed by atoms with van der Waals surface area (Å²) >= 11 is 3.11. The van der Waals surface area contributed by atoms with E-state index in [9.17, 15) is 15.0 Å². The lowest BCUT2D eigenvalue weighted by molar-refractivity contribution is -0.147. The summed E-state index contributed by atoms with van der Waals surface area (Å²) in [4.78, 5) is 10.5. The Morgan fingerprint density at radius 2 is 2.13 bits per heavy atom. The summed E-state index contributed by atoms with van der Waals surface area (Å²) in [7, 11) is 1.33. The van der Waals surface area contributed by atoms with Gasteiger partial charge in [0.15, 0.2) is 17.6 Å². The molecule has 0 aromatic heterocycles. The molecule has 0 aliphatic carbocycles. The number of phenolic OH excluding ortho intramolecular Hbond substituents is 1. The minimum Gasteiger partial charge on any atom is -0.504 e. The van der Waals surface area contributed by atoms with Crippen LogP contribution in [0.25, 0.3) is 0 Å². The summed E-state index contributed by atoms with van der Waals surface area (Å²) in [6.45, 7) is 0. The molecule has 0 heterocycles. The van der Waals surface area contributed by atoms with Crippen LogP contribution >= 0.6 is 15.9 Å². The van der Waals surface area contributed by atoms with Gasteiger partial charge in [-0.05, 0) is 22.0 Å². The number of rotatable bonds is 3. The smallest absolute Gasteiger partial charge is 0.337 e. The van der Waals surface area contributed by atoms with Gasteiger partial charge in [-0.3, -0.25) is 0 Å². The van der Waals surface area contributed by atoms with Gasteiger partial charge in [0.05, 0.1) is 11.6 Å². The molecule has 5 nitrogen and oxygen atoms in total. The fraction of sp³-hybridized carbons (Fsp3) is 0.222. The van der Waals surface area contributed by atoms with Gasteiger partial charge in [0, 0.05) is 5.56 Å². The van der Waals surface area contributed by atoms with E-state index in [0.29, 0.717) is 4.47 Å². The Morgan fingerprint density at radius 1 is 1.53 bits per heavy atom. The first-order valence-electron chi connectivity index (χ1n) is 3.95. The second-order valence-electron chi connectivity index (χ2n) is 2.76. The number of carboxylic acid groups (broad SMARTS) is 1. The molecule has 0 radical (unpaired) electrons. The SMILES string of the molecule is COc1c(Br)ccc(C(O)C(=O)O)c1O. The fourth-order valence-corrected chi connectivity index (χ4v) is 1.59. The normalized spacial score (nSPS) is 12.2. The lowest BCUT2D eigenvalue weighted by Gasteiger charge is -2.12. The third kappa shape index (κ3) is 2.21. The number of benzene rings is 1. The van der Waals surface area contributed by atoms with Crippen molar-refractivity contribution in [3.8, 4) is 11.5 Å². The predicted octanol–water partition coefficient (Wildman–Crippen LogP) is 1.28. The van der Waals surface area contributed by atoms with E-state index in [1.807, 2.05) is 0 Å². The van der Waals surface area contributed by atoms with Gasteiger partial charge < -0.3 is 20.1 Å². The fourth-order valence-electron chi connectivity index (χ4n) is 1.11. The number of halogens is 1. The maximum Gasteiger partial charge on any atom is 0.337 e. The van der Waals surface area contributed by atoms with Crippen molar-refractivity contribution in [3.05, 3.63) is 22.2 Å². The van der Waals surface area contributed by atoms with Crippen molar-refractivity contribution >= 4 is 21.9 Å². The molecule has 1 unspecified atom stereocenters. The summed E-state index contributed by atoms with van der Waals surface area (Å²) in [5.74, 6) is -1.73. The molecule has 15 heavy (non-hydrogen) atoms. The van der Waals surface area contributed by atoms with Crippen LogP contribution < -0.4 is 4.74 Å². The van der Waals surface area contributed by atoms with E-state index in [0.717, 1.165) is 0 Å². The number of aromatic hydroxyl groups is 1. The number of ether oxygens (including phenoxy) is 1. The summed E-state index contributed by atoms with van der Waals surface area (Å²) < 4.78 is 5.32. The van der Waals surface area contributed by atoms with Gasteiger partial charge in [-0.1, -0.05) is 6.07 Å². The van der Waals surface area contributed by atoms with Gasteiger partial charge in [0.2, 0.25) is 0 Å². The van der Waals surface area contributed by atoms with Crippen LogP contribution in [0.2, 0.25) is 0 Å². The minimum atomic E-state index is -1.77. The van der Waals surface area contributed by atoms with Crippen LogP contribution in [0.5, 0.6) is 11.5 Å². The van der Waals surface area contributed by atoms with Gasteiger partial charge in [-0.2, -0.15) is 0 Å². The highest BCUT2D eigenvalue weighted by molar-refractivity contribution is 9.10. The molecular weight excluding hydrogens is 268 g/mol. The van der Waals surface area contributed by atoms with Crippen molar-refractivity contribution in [3.63, 3.8) is 0 Å². The first-order chi connectivity index (χ1) is 6.99. The Hall–Kier alpha value is -1.27. The van der Waals surface area contributed by atoms with Gasteiger partial charge in [-0.25, -0.2) is 4.79 Å². The second-order valence-corrected chi connectivity index (χ2v) is 3.61. The Balaban J connectivity index is 3.27. The lowest BCUT2D eigenvalue weighted by atomic mass is 10.1. The molecule has 0 saturated carbocycles. The number of carbonyl (C=O) groups is 1. The number of phenols is 1. The molecule has 1 aromatic rings. The average Bonchev–Trinajstić information content (AvgIpc) is 2.17. The van der Waals surface area contributed by atoms with E-state index in [4.69, 9.17) is 9.84 Å². The molecule has 82 valence electrons. The Labute approximate surface area is 94.1 Å². The minimum absolute atomic E-state index is 0.0906. The summed E-state index contributed by atoms with van der Waals surface area (Å²) in [6.07, 6.45) is -1.77. The van der Waals surface area contributed by atoms with Gasteiger partial charge >= 0.3 is 5.97 Å². The molecule has 0 aliphatic rings. The maximum atomic E-state index is 10.5. The zero-order valence-corrected chi connectivity index (χ0v) is 9.35. The van der Waals surface area contributed by atoms with Crippen LogP contribution in [-0.2, 0) is 4.79 Å². The number of carboxylic acids is 1. The highest BCUT2D eigenvalue weighted by Crippen LogP contribution is 2.39. The number of methoxy groups -OCH3 is 1. The predicted molar refractivity (Wildman–Crippen MR) is 55.0 cm³/mol. The van der Waals surface area contributed by atoms with Crippen molar-refractivity contribution in [2.24, 2.45) is 0 Å². The molecule has 3 N–H and O–H groups in total. The highest BCUT2D eigenvalue weighted by atomic mass is 79.9. The highest BCUT2D eigenvalue weighted by Gasteiger charge is 2.23. The quantitative estimate of drug-likeness (QED) is 0.774. The molecule has 6 heteroatoms. The van der Waals surface area contributed by atoms with E-state index in [-0.39, 0.29) is 17.1 Å². The molecule has 0 fully saturated rings. The standard InChI is InChI=1S/C9H9BrO5/c1-15-8-5(10)3-2-4(6(8)11)7(12)9(13)14/h2-3,7,11-12H,1H3,(H,13,14). The molecule has 1 atom stereocenters. The number of aliphatic carboxylic acids is 1. The number of aliphatic hydroxyl groups excluding tert-OH is 1. The Bertz CT molecular complexity index is 390. The first-order valence-corrected chi connectivity index (χ1v) is 4.74. The van der Waals surface area contributed by atoms with Crippen molar-refractivity contribution < 1.29 is 24.9 Å². The summed E-state index contributed by atoms with van der Waals surface area (Å²) in [6, 6.07) is 2.79. The van der Waals surface area contributed by atoms with Crippen molar-refractivity contribution in [2.45, 2.75) is 6.10 Å². The van der Waals surface area contributed by atoms with Crippen LogP contribution in [0.15, 0.2) is 16.6 Å². The van der Waals surface area contributed by atoms with E-state index in [1.54, 1.807) is 0 Å². The summed E-state index contributed by atoms with van der Waals surface area (Å²) in [5.41, 5.74) is -0.109. The van der Waals surface area contributed by atoms with E-state index in [2.05, 4.69) is 15.9 Å². The van der Waals surface area contributed by atoms with E-state index < -0.39 is 12.1 Å². The zero-order valence-electron chi connectivity index (χ0n) is 7.77. The van der Waals surface area contributed by atoms with Gasteiger partial charge in [0.1, 0.15) is 0 Å². The number of hydrogen-bond acceptors (Lipinski definition) is 4. The number of hydrogen-bond donors (Lipinski definition) is 3. The van der Waals surface area contributed by atoms with Crippen LogP contribution in [0.3, 0.4) is 0 Å². The van der Waals surface area contributed by atoms with Crippen LogP contribution in [0, 0.1) is 0 Å². The Kier molecular flexibility index (Phi) is 3.54. The van der Waals surface area contributed by atoms with Crippen molar-refractivity contribution in [1.29, 1.82) is 0 Å². The van der Waals surface area contributed by atoms with E-state index in [1.165, 1.54) is 19.2 Å². The van der Waals surface area contributed by atoms with Crippen molar-refractivity contribution in [2.75, 3.05) is 7.11 Å². The third-order valence-corrected chi connectivity index (χ3v) is 2.47. The lowest BCUT2D eigenvalue weighted by Crippen LogP contribution is -2.10. The molecule has 0 amide bonds. The van der Waals surface area contributed by atoms with E-state index >= 15 is 0 Å². The van der Waals surface area contributed by atoms with Crippen LogP contribution in [0.4, 0.5) is 0 Å². The first kappa shape index (κ1) is 11.8. The number of aliphatic hydroxyl groups is 1. The van der Waals surface area contributed by atoms with Crippen LogP contribution in [0.1, 0.15) is 11.7 Å². The second kappa shape index (κ2) is 4.50. The van der Waals surface area contributed by atoms with Crippen molar-refractivity contribution in [1.82, 2.24) is 0 Å². The zero-order chi connectivity index (χ0) is 11.6. The Morgan fingerprint density at radius 3 is 2.60 bits per heavy atom. The molecule has 0 bridgehead atoms. The topological polar surface area (TPSA) is 87.0 Å². The third-order valence-electron chi connectivity index (χ3n) is 1.85. The molecular formula is C9H9BrO5. The molecule has 1 rings (SSSR count). The van der Waals surface area contributed by atoms with Gasteiger partial charge in [0.25, 0.3) is 0 Å². The van der Waals surface area contributed by atoms with Crippen LogP contribution in [-0.4, -0.2) is 28.4 Å². The van der Waals surface area contributed by atoms with Gasteiger partial charge in [-0.15, -0.1) is 0 Å². The average molecular weight is 277 g/mol. The molecule has 0 spiro atoms. The molecule has 0 aliphatic heterocycles.